The molecule has 1 amide bonds. The highest BCUT2D eigenvalue weighted by atomic mass is 28.4. The van der Waals surface area contributed by atoms with Crippen molar-refractivity contribution in [1.82, 2.24) is 4.90 Å². The highest BCUT2D eigenvalue weighted by Crippen LogP contribution is 2.37. The minimum Gasteiger partial charge on any atom is -0.479 e. The SMILES string of the molecule is CC(C)(C)OC(=O)N1CCC[C@@]1(CCCCCCCCCCCCO[Si](c1ccccc1)(c1ccccc1)C(C)(C)C)C(=O)O. The quantitative estimate of drug-likeness (QED) is 0.139. The van der Waals surface area contributed by atoms with Crippen LogP contribution < -0.4 is 10.4 Å². The lowest BCUT2D eigenvalue weighted by molar-refractivity contribution is -0.150. The second kappa shape index (κ2) is 16.8. The van der Waals surface area contributed by atoms with E-state index in [1.807, 2.05) is 20.8 Å². The Morgan fingerprint density at radius 2 is 1.22 bits per heavy atom. The van der Waals surface area contributed by atoms with Gasteiger partial charge in [0.2, 0.25) is 0 Å². The first kappa shape index (κ1) is 36.8. The van der Waals surface area contributed by atoms with Crippen molar-refractivity contribution in [2.24, 2.45) is 0 Å². The summed E-state index contributed by atoms with van der Waals surface area (Å²) >= 11 is 0. The second-order valence-electron chi connectivity index (χ2n) is 14.9. The van der Waals surface area contributed by atoms with E-state index in [9.17, 15) is 14.7 Å². The maximum atomic E-state index is 12.7. The zero-order valence-corrected chi connectivity index (χ0v) is 29.9. The fraction of sp³-hybridized carbons (Fsp3) is 0.632. The summed E-state index contributed by atoms with van der Waals surface area (Å²) in [5.41, 5.74) is -1.76. The molecule has 7 heteroatoms. The van der Waals surface area contributed by atoms with E-state index in [4.69, 9.17) is 9.16 Å². The van der Waals surface area contributed by atoms with Crippen LogP contribution in [0.4, 0.5) is 4.79 Å². The van der Waals surface area contributed by atoms with E-state index in [0.29, 0.717) is 25.8 Å². The third kappa shape index (κ3) is 9.92. The van der Waals surface area contributed by atoms with Gasteiger partial charge >= 0.3 is 12.1 Å². The number of hydrogen-bond acceptors (Lipinski definition) is 4. The van der Waals surface area contributed by atoms with Gasteiger partial charge in [0.05, 0.1) is 0 Å². The molecule has 2 aromatic rings. The van der Waals surface area contributed by atoms with Crippen LogP contribution in [0.2, 0.25) is 5.04 Å². The summed E-state index contributed by atoms with van der Waals surface area (Å²) in [6, 6.07) is 21.7. The molecule has 0 aromatic heterocycles. The van der Waals surface area contributed by atoms with E-state index >= 15 is 0 Å². The maximum Gasteiger partial charge on any atom is 0.411 e. The fourth-order valence-electron chi connectivity index (χ4n) is 6.97. The minimum atomic E-state index is -2.44. The zero-order valence-electron chi connectivity index (χ0n) is 28.9. The van der Waals surface area contributed by atoms with Crippen LogP contribution in [-0.4, -0.2) is 54.7 Å². The molecule has 0 aliphatic carbocycles. The number of carbonyl (C=O) groups is 2. The molecule has 0 bridgehead atoms. The number of amides is 1. The van der Waals surface area contributed by atoms with E-state index in [2.05, 4.69) is 81.4 Å². The topological polar surface area (TPSA) is 76.1 Å². The van der Waals surface area contributed by atoms with Crippen LogP contribution in [-0.2, 0) is 14.0 Å². The Bertz CT molecular complexity index is 1130. The van der Waals surface area contributed by atoms with Crippen LogP contribution in [0.15, 0.2) is 60.7 Å². The number of carbonyl (C=O) groups excluding carboxylic acids is 1. The van der Waals surface area contributed by atoms with Gasteiger partial charge in [-0.2, -0.15) is 0 Å². The summed E-state index contributed by atoms with van der Waals surface area (Å²) < 4.78 is 12.5. The van der Waals surface area contributed by atoms with Crippen molar-refractivity contribution in [2.75, 3.05) is 13.2 Å². The number of hydrogen-bond donors (Lipinski definition) is 1. The summed E-state index contributed by atoms with van der Waals surface area (Å²) in [4.78, 5) is 26.5. The molecule has 1 N–H and O–H groups in total. The summed E-state index contributed by atoms with van der Waals surface area (Å²) in [6.07, 6.45) is 12.5. The van der Waals surface area contributed by atoms with Crippen molar-refractivity contribution in [3.8, 4) is 0 Å². The Morgan fingerprint density at radius 3 is 1.67 bits per heavy atom. The minimum absolute atomic E-state index is 0.0124. The van der Waals surface area contributed by atoms with Gasteiger partial charge in [0.25, 0.3) is 8.32 Å². The average Bonchev–Trinajstić information content (AvgIpc) is 3.42. The van der Waals surface area contributed by atoms with Gasteiger partial charge in [-0.15, -0.1) is 0 Å². The first-order valence-electron chi connectivity index (χ1n) is 17.3. The van der Waals surface area contributed by atoms with Crippen LogP contribution in [0.5, 0.6) is 0 Å². The van der Waals surface area contributed by atoms with E-state index in [0.717, 1.165) is 32.3 Å². The van der Waals surface area contributed by atoms with Crippen molar-refractivity contribution in [3.05, 3.63) is 60.7 Å². The molecule has 0 spiro atoms. The van der Waals surface area contributed by atoms with Gasteiger partial charge in [-0.05, 0) is 61.9 Å². The summed E-state index contributed by atoms with van der Waals surface area (Å²) in [5.74, 6) is -0.900. The van der Waals surface area contributed by atoms with Gasteiger partial charge in [0.15, 0.2) is 0 Å². The van der Waals surface area contributed by atoms with Crippen molar-refractivity contribution in [3.63, 3.8) is 0 Å². The lowest BCUT2D eigenvalue weighted by Crippen LogP contribution is -2.66. The molecular weight excluding hydrogens is 579 g/mol. The Balaban J connectivity index is 1.34. The number of nitrogens with zero attached hydrogens (tertiary/aromatic N) is 1. The molecule has 6 nitrogen and oxygen atoms in total. The van der Waals surface area contributed by atoms with E-state index in [-0.39, 0.29) is 5.04 Å². The van der Waals surface area contributed by atoms with Gasteiger partial charge < -0.3 is 14.3 Å². The van der Waals surface area contributed by atoms with Gasteiger partial charge in [-0.3, -0.25) is 4.90 Å². The molecule has 1 aliphatic rings. The molecule has 3 rings (SSSR count). The number of ether oxygens (including phenoxy) is 1. The van der Waals surface area contributed by atoms with Crippen molar-refractivity contribution in [1.29, 1.82) is 0 Å². The highest BCUT2D eigenvalue weighted by Gasteiger charge is 2.51. The number of carboxylic acids is 1. The Morgan fingerprint density at radius 1 is 0.756 bits per heavy atom. The van der Waals surface area contributed by atoms with Gasteiger partial charge in [0.1, 0.15) is 11.1 Å². The maximum absolute atomic E-state index is 12.7. The number of unbranched alkanes of at least 4 members (excludes halogenated alkanes) is 9. The number of rotatable bonds is 17. The second-order valence-corrected chi connectivity index (χ2v) is 19.2. The first-order valence-corrected chi connectivity index (χ1v) is 19.2. The van der Waals surface area contributed by atoms with Gasteiger partial charge in [-0.1, -0.05) is 139 Å². The molecule has 250 valence electrons. The Kier molecular flexibility index (Phi) is 13.7. The summed E-state index contributed by atoms with van der Waals surface area (Å²) in [7, 11) is -2.44. The van der Waals surface area contributed by atoms with E-state index in [1.54, 1.807) is 0 Å². The zero-order chi connectivity index (χ0) is 33.0. The Labute approximate surface area is 274 Å². The lowest BCUT2D eigenvalue weighted by atomic mass is 9.89. The molecule has 0 radical (unpaired) electrons. The predicted octanol–water partition coefficient (Wildman–Crippen LogP) is 8.71. The number of aliphatic carboxylic acids is 1. The molecule has 2 aromatic carbocycles. The van der Waals surface area contributed by atoms with Crippen LogP contribution >= 0.6 is 0 Å². The lowest BCUT2D eigenvalue weighted by Gasteiger charge is -2.43. The normalized spacial score (nSPS) is 17.4. The van der Waals surface area contributed by atoms with Gasteiger partial charge in [0, 0.05) is 13.2 Å². The molecule has 0 unspecified atom stereocenters. The standard InChI is InChI=1S/C38H59NO5Si/c1-36(2,3)44-35(42)39-30-23-29-38(39,34(40)41)28-21-13-11-9-7-8-10-12-14-22-31-43-45(37(4,5)6,32-24-17-15-18-25-32)33-26-19-16-20-27-33/h15-20,24-27H,7-14,21-23,28-31H2,1-6H3,(H,40,41)/t38-/m0/s1. The van der Waals surface area contributed by atoms with Crippen LogP contribution in [0.1, 0.15) is 125 Å². The van der Waals surface area contributed by atoms with Crippen LogP contribution in [0.3, 0.4) is 0 Å². The van der Waals surface area contributed by atoms with E-state index < -0.39 is 31.5 Å². The number of benzene rings is 2. The molecule has 45 heavy (non-hydrogen) atoms. The average molecular weight is 638 g/mol. The number of carboxylic acid groups (broad SMARTS) is 1. The molecule has 1 fully saturated rings. The van der Waals surface area contributed by atoms with E-state index in [1.165, 1.54) is 53.8 Å². The van der Waals surface area contributed by atoms with Gasteiger partial charge in [-0.25, -0.2) is 9.59 Å². The molecule has 1 atom stereocenters. The molecule has 1 aliphatic heterocycles. The van der Waals surface area contributed by atoms with Crippen molar-refractivity contribution < 1.29 is 23.9 Å². The molecule has 1 heterocycles. The Hall–Kier alpha value is -2.64. The van der Waals surface area contributed by atoms with Crippen LogP contribution in [0, 0.1) is 0 Å². The van der Waals surface area contributed by atoms with Crippen molar-refractivity contribution in [2.45, 2.75) is 141 Å². The predicted molar refractivity (Wildman–Crippen MR) is 187 cm³/mol. The number of likely N-dealkylation sites (tertiary alicyclic amines) is 1. The molecule has 1 saturated heterocycles. The molecular formula is C38H59NO5Si. The molecule has 0 saturated carbocycles. The summed E-state index contributed by atoms with van der Waals surface area (Å²) in [5, 5.41) is 12.8. The third-order valence-corrected chi connectivity index (χ3v) is 14.3. The smallest absolute Gasteiger partial charge is 0.411 e. The van der Waals surface area contributed by atoms with Crippen molar-refractivity contribution >= 4 is 30.8 Å². The largest absolute Gasteiger partial charge is 0.479 e. The fourth-order valence-corrected chi connectivity index (χ4v) is 11.6. The monoisotopic (exact) mass is 637 g/mol. The highest BCUT2D eigenvalue weighted by molar-refractivity contribution is 6.99. The van der Waals surface area contributed by atoms with Crippen LogP contribution in [0.25, 0.3) is 0 Å². The first-order chi connectivity index (χ1) is 21.3. The third-order valence-electron chi connectivity index (χ3n) is 9.22. The summed E-state index contributed by atoms with van der Waals surface area (Å²) in [6.45, 7) is 13.7.